The minimum atomic E-state index is -0.704. The van der Waals surface area contributed by atoms with Crippen molar-refractivity contribution in [3.63, 3.8) is 0 Å². The van der Waals surface area contributed by atoms with E-state index in [9.17, 15) is 14.3 Å². The molecule has 1 aromatic rings. The van der Waals surface area contributed by atoms with Crippen molar-refractivity contribution < 1.29 is 14.3 Å². The van der Waals surface area contributed by atoms with Gasteiger partial charge in [0.05, 0.1) is 6.42 Å². The van der Waals surface area contributed by atoms with E-state index in [-0.39, 0.29) is 17.7 Å². The number of halogens is 1. The van der Waals surface area contributed by atoms with Gasteiger partial charge in [-0.25, -0.2) is 4.39 Å². The predicted molar refractivity (Wildman–Crippen MR) is 79.5 cm³/mol. The van der Waals surface area contributed by atoms with Gasteiger partial charge in [-0.3, -0.25) is 4.79 Å². The number of carboxylic acid groups (broad SMARTS) is 1. The zero-order valence-corrected chi connectivity index (χ0v) is 12.4. The van der Waals surface area contributed by atoms with Gasteiger partial charge in [0.1, 0.15) is 5.82 Å². The van der Waals surface area contributed by atoms with Crippen LogP contribution in [0.3, 0.4) is 0 Å². The Morgan fingerprint density at radius 2 is 1.81 bits per heavy atom. The molecule has 1 aromatic carbocycles. The molecule has 0 aromatic heterocycles. The molecule has 0 aliphatic heterocycles. The molecule has 2 bridgehead atoms. The maximum Gasteiger partial charge on any atom is 0.303 e. The van der Waals surface area contributed by atoms with Crippen molar-refractivity contribution in [2.24, 2.45) is 17.3 Å². The highest BCUT2D eigenvalue weighted by Gasteiger charge is 2.50. The van der Waals surface area contributed by atoms with Crippen molar-refractivity contribution in [1.82, 2.24) is 0 Å². The lowest BCUT2D eigenvalue weighted by Crippen LogP contribution is -2.47. The molecule has 0 atom stereocenters. The van der Waals surface area contributed by atoms with E-state index >= 15 is 0 Å². The topological polar surface area (TPSA) is 37.3 Å². The van der Waals surface area contributed by atoms with Crippen molar-refractivity contribution in [2.75, 3.05) is 0 Å². The maximum absolute atomic E-state index is 13.5. The molecule has 0 unspecified atom stereocenters. The van der Waals surface area contributed by atoms with Gasteiger partial charge in [0.25, 0.3) is 0 Å². The van der Waals surface area contributed by atoms with Crippen LogP contribution in [0.15, 0.2) is 24.3 Å². The third-order valence-corrected chi connectivity index (χ3v) is 5.74. The molecule has 0 radical (unpaired) electrons. The normalized spacial score (nSPS) is 31.9. The molecule has 2 aliphatic carbocycles. The lowest BCUT2D eigenvalue weighted by Gasteiger charge is -2.53. The lowest BCUT2D eigenvalue weighted by molar-refractivity contribution is -0.145. The zero-order chi connectivity index (χ0) is 14.9. The minimum absolute atomic E-state index is 0.157. The zero-order valence-electron chi connectivity index (χ0n) is 12.4. The van der Waals surface area contributed by atoms with Gasteiger partial charge in [0, 0.05) is 0 Å². The van der Waals surface area contributed by atoms with Crippen LogP contribution < -0.4 is 0 Å². The molecule has 0 spiro atoms. The minimum Gasteiger partial charge on any atom is -0.481 e. The van der Waals surface area contributed by atoms with Crippen LogP contribution in [-0.2, 0) is 11.2 Å². The average molecular weight is 290 g/mol. The van der Waals surface area contributed by atoms with E-state index in [2.05, 4.69) is 0 Å². The van der Waals surface area contributed by atoms with E-state index in [1.165, 1.54) is 18.9 Å². The van der Waals surface area contributed by atoms with Gasteiger partial charge in [-0.1, -0.05) is 25.0 Å². The smallest absolute Gasteiger partial charge is 0.303 e. The fraction of sp³-hybridized carbons (Fsp3) is 0.611. The molecule has 0 amide bonds. The van der Waals surface area contributed by atoms with Crippen molar-refractivity contribution in [1.29, 1.82) is 0 Å². The highest BCUT2D eigenvalue weighted by Crippen LogP contribution is 2.56. The van der Waals surface area contributed by atoms with Crippen LogP contribution in [0.1, 0.15) is 50.5 Å². The summed E-state index contributed by atoms with van der Waals surface area (Å²) >= 11 is 0. The first-order valence-corrected chi connectivity index (χ1v) is 8.06. The molecular weight excluding hydrogens is 267 g/mol. The molecule has 1 N–H and O–H groups in total. The van der Waals surface area contributed by atoms with Gasteiger partial charge in [-0.15, -0.1) is 0 Å². The van der Waals surface area contributed by atoms with Crippen molar-refractivity contribution in [3.8, 4) is 0 Å². The standard InChI is InChI=1S/C18H23FO2/c19-16-9-1-4-13(10-16)11-18(12-17(20)21)14-5-2-6-15(18)8-3-7-14/h1,4,9-10,14-15H,2-3,5-8,11-12H2,(H,20,21). The maximum atomic E-state index is 13.5. The number of aliphatic carboxylic acids is 1. The van der Waals surface area contributed by atoms with Crippen molar-refractivity contribution in [2.45, 2.75) is 51.4 Å². The monoisotopic (exact) mass is 290 g/mol. The Kier molecular flexibility index (Phi) is 4.01. The number of rotatable bonds is 4. The molecule has 2 fully saturated rings. The third kappa shape index (κ3) is 2.83. The molecule has 3 rings (SSSR count). The number of fused-ring (bicyclic) bond motifs is 2. The molecule has 2 nitrogen and oxygen atoms in total. The molecular formula is C18H23FO2. The van der Waals surface area contributed by atoms with E-state index in [1.54, 1.807) is 12.1 Å². The van der Waals surface area contributed by atoms with Gasteiger partial charge < -0.3 is 5.11 Å². The van der Waals surface area contributed by atoms with E-state index in [0.29, 0.717) is 18.3 Å². The summed E-state index contributed by atoms with van der Waals surface area (Å²) in [6.07, 6.45) is 7.95. The first-order valence-electron chi connectivity index (χ1n) is 8.06. The Bertz CT molecular complexity index is 504. The summed E-state index contributed by atoms with van der Waals surface area (Å²) in [6.45, 7) is 0. The SMILES string of the molecule is O=C(O)CC1(Cc2cccc(F)c2)C2CCCC1CCC2. The molecule has 2 saturated carbocycles. The average Bonchev–Trinajstić information content (AvgIpc) is 2.36. The van der Waals surface area contributed by atoms with Crippen LogP contribution in [0.5, 0.6) is 0 Å². The van der Waals surface area contributed by atoms with Crippen LogP contribution in [0.4, 0.5) is 4.39 Å². The highest BCUT2D eigenvalue weighted by atomic mass is 19.1. The van der Waals surface area contributed by atoms with Gasteiger partial charge in [-0.05, 0) is 67.1 Å². The summed E-state index contributed by atoms with van der Waals surface area (Å²) in [4.78, 5) is 11.5. The number of hydrogen-bond acceptors (Lipinski definition) is 1. The Balaban J connectivity index is 1.94. The number of benzene rings is 1. The van der Waals surface area contributed by atoms with Gasteiger partial charge in [0.15, 0.2) is 0 Å². The Morgan fingerprint density at radius 1 is 1.19 bits per heavy atom. The quantitative estimate of drug-likeness (QED) is 0.890. The van der Waals surface area contributed by atoms with Crippen LogP contribution in [0.25, 0.3) is 0 Å². The van der Waals surface area contributed by atoms with Crippen LogP contribution in [-0.4, -0.2) is 11.1 Å². The van der Waals surface area contributed by atoms with Gasteiger partial charge in [-0.2, -0.15) is 0 Å². The summed E-state index contributed by atoms with van der Waals surface area (Å²) in [6, 6.07) is 6.71. The van der Waals surface area contributed by atoms with E-state index < -0.39 is 5.97 Å². The van der Waals surface area contributed by atoms with E-state index in [1.807, 2.05) is 6.07 Å². The molecule has 0 heterocycles. The second kappa shape index (κ2) is 5.78. The summed E-state index contributed by atoms with van der Waals surface area (Å²) in [5.41, 5.74) is 0.797. The Hall–Kier alpha value is -1.38. The summed E-state index contributed by atoms with van der Waals surface area (Å²) in [7, 11) is 0. The first-order chi connectivity index (χ1) is 10.1. The number of carboxylic acids is 1. The predicted octanol–water partition coefficient (Wildman–Crippen LogP) is 4.43. The number of hydrogen-bond donors (Lipinski definition) is 1. The summed E-state index contributed by atoms with van der Waals surface area (Å²) < 4.78 is 13.5. The summed E-state index contributed by atoms with van der Waals surface area (Å²) in [5, 5.41) is 9.44. The molecule has 2 aliphatic rings. The number of carbonyl (C=O) groups is 1. The third-order valence-electron chi connectivity index (χ3n) is 5.74. The second-order valence-corrected chi connectivity index (χ2v) is 6.87. The van der Waals surface area contributed by atoms with Crippen LogP contribution >= 0.6 is 0 Å². The molecule has 0 saturated heterocycles. The molecule has 21 heavy (non-hydrogen) atoms. The van der Waals surface area contributed by atoms with Crippen molar-refractivity contribution in [3.05, 3.63) is 35.6 Å². The van der Waals surface area contributed by atoms with Gasteiger partial charge in [0.2, 0.25) is 0 Å². The lowest BCUT2D eigenvalue weighted by atomic mass is 9.51. The second-order valence-electron chi connectivity index (χ2n) is 6.87. The van der Waals surface area contributed by atoms with Crippen LogP contribution in [0, 0.1) is 23.1 Å². The van der Waals surface area contributed by atoms with Crippen LogP contribution in [0.2, 0.25) is 0 Å². The first kappa shape index (κ1) is 14.6. The Labute approximate surface area is 125 Å². The van der Waals surface area contributed by atoms with Gasteiger partial charge >= 0.3 is 5.97 Å². The largest absolute Gasteiger partial charge is 0.481 e. The van der Waals surface area contributed by atoms with E-state index in [0.717, 1.165) is 31.2 Å². The Morgan fingerprint density at radius 3 is 2.33 bits per heavy atom. The highest BCUT2D eigenvalue weighted by molar-refractivity contribution is 5.68. The molecule has 3 heteroatoms. The molecule has 114 valence electrons. The fourth-order valence-electron chi connectivity index (χ4n) is 4.94. The fourth-order valence-corrected chi connectivity index (χ4v) is 4.94. The van der Waals surface area contributed by atoms with E-state index in [4.69, 9.17) is 0 Å². The van der Waals surface area contributed by atoms with Crippen molar-refractivity contribution >= 4 is 5.97 Å². The summed E-state index contributed by atoms with van der Waals surface area (Å²) in [5.74, 6) is 0.0536.